The van der Waals surface area contributed by atoms with Crippen molar-refractivity contribution in [1.82, 2.24) is 0 Å². The van der Waals surface area contributed by atoms with E-state index in [0.29, 0.717) is 11.8 Å². The molecule has 6 aromatic carbocycles. The molecule has 0 amide bonds. The van der Waals surface area contributed by atoms with Crippen LogP contribution in [0, 0.1) is 73.5 Å². The number of alkyl halides is 3. The maximum atomic E-state index is 10.7. The molecule has 8 fully saturated rings. The summed E-state index contributed by atoms with van der Waals surface area (Å²) in [6.45, 7) is 14.8. The van der Waals surface area contributed by atoms with Crippen LogP contribution in [0.4, 0.5) is 13.2 Å². The molecule has 0 spiro atoms. The number of halogens is 5. The van der Waals surface area contributed by atoms with Gasteiger partial charge < -0.3 is 14.4 Å². The third-order valence-electron chi connectivity index (χ3n) is 17.5. The molecular formula is C62H75Cl2F3SiZr-4. The summed E-state index contributed by atoms with van der Waals surface area (Å²) in [5, 5.41) is 5.75. The summed E-state index contributed by atoms with van der Waals surface area (Å²) in [6, 6.07) is 42.2. The van der Waals surface area contributed by atoms with Crippen molar-refractivity contribution < 1.29 is 36.5 Å². The van der Waals surface area contributed by atoms with Crippen LogP contribution < -0.4 is 0 Å². The fourth-order valence-electron chi connectivity index (χ4n) is 14.7. The van der Waals surface area contributed by atoms with E-state index in [1.807, 2.05) is 0 Å². The van der Waals surface area contributed by atoms with Gasteiger partial charge in [0.05, 0.1) is 0 Å². The molecule has 8 saturated carbocycles. The summed E-state index contributed by atoms with van der Waals surface area (Å²) in [5.74, 6) is 11.5. The van der Waals surface area contributed by atoms with Gasteiger partial charge in [-0.2, -0.15) is 25.3 Å². The van der Waals surface area contributed by atoms with Gasteiger partial charge in [0.25, 0.3) is 0 Å². The Morgan fingerprint density at radius 1 is 0.536 bits per heavy atom. The molecule has 6 aromatic rings. The Hall–Kier alpha value is -2.43. The van der Waals surface area contributed by atoms with Crippen LogP contribution in [-0.2, 0) is 36.2 Å². The SMILES string of the molecule is CC(C)c1ccc(-c2cccc3[cH-]c(CC4C5CC6CC(C5)CC4C6)cc23)cc1.CC(C)c1ccc(-c2cccc3[cH-]c(CC4C5CC6CC(C5)CC4C6)cc23)cc1.Cl.Cl.[CH2-]CC(F)(F)F.[CH3-].[Si]=[Zr]. The summed E-state index contributed by atoms with van der Waals surface area (Å²) < 4.78 is 32.2. The molecule has 0 saturated heterocycles. The third kappa shape index (κ3) is 12.7. The Morgan fingerprint density at radius 2 is 0.841 bits per heavy atom. The quantitative estimate of drug-likeness (QED) is 0.105. The fraction of sp³-hybridized carbons (Fsp3) is 0.484. The van der Waals surface area contributed by atoms with E-state index < -0.39 is 12.6 Å². The van der Waals surface area contributed by atoms with E-state index in [0.717, 1.165) is 59.2 Å². The molecule has 0 nitrogen and oxygen atoms in total. The van der Waals surface area contributed by atoms with E-state index in [-0.39, 0.29) is 32.2 Å². The number of rotatable bonds is 8. The first-order chi connectivity index (χ1) is 31.8. The van der Waals surface area contributed by atoms with Gasteiger partial charge in [-0.1, -0.05) is 106 Å². The zero-order valence-corrected chi connectivity index (χ0v) is 46.8. The van der Waals surface area contributed by atoms with Gasteiger partial charge in [0.15, 0.2) is 0 Å². The van der Waals surface area contributed by atoms with Crippen molar-refractivity contribution in [2.75, 3.05) is 0 Å². The first kappa shape index (κ1) is 55.9. The summed E-state index contributed by atoms with van der Waals surface area (Å²) in [4.78, 5) is 0. The van der Waals surface area contributed by atoms with Crippen LogP contribution >= 0.6 is 24.8 Å². The van der Waals surface area contributed by atoms with Gasteiger partial charge in [-0.25, -0.2) is 0 Å². The maximum absolute atomic E-state index is 10.7. The molecule has 14 rings (SSSR count). The molecule has 7 heteroatoms. The Balaban J connectivity index is 0.000000190. The van der Waals surface area contributed by atoms with Crippen LogP contribution in [0.1, 0.15) is 132 Å². The molecule has 8 aliphatic carbocycles. The Kier molecular flexibility index (Phi) is 19.5. The number of benzene rings is 4. The molecule has 0 atom stereocenters. The van der Waals surface area contributed by atoms with Crippen molar-refractivity contribution in [2.45, 2.75) is 129 Å². The zero-order chi connectivity index (χ0) is 46.3. The Labute approximate surface area is 442 Å². The second-order valence-corrected chi connectivity index (χ2v) is 22.4. The van der Waals surface area contributed by atoms with Crippen molar-refractivity contribution in [2.24, 2.45) is 59.2 Å². The van der Waals surface area contributed by atoms with E-state index in [2.05, 4.69) is 151 Å². The van der Waals surface area contributed by atoms with Crippen LogP contribution in [0.2, 0.25) is 0 Å². The predicted octanol–water partition coefficient (Wildman–Crippen LogP) is 18.6. The average Bonchev–Trinajstić information content (AvgIpc) is 3.93. The topological polar surface area (TPSA) is 0 Å². The van der Waals surface area contributed by atoms with E-state index >= 15 is 0 Å². The molecule has 8 bridgehead atoms. The summed E-state index contributed by atoms with van der Waals surface area (Å²) in [5.41, 5.74) is 11.5. The van der Waals surface area contributed by atoms with Gasteiger partial charge in [-0.3, -0.25) is 0 Å². The van der Waals surface area contributed by atoms with Crippen LogP contribution in [0.3, 0.4) is 0 Å². The first-order valence-corrected chi connectivity index (χ1v) is 29.7. The molecule has 2 radical (unpaired) electrons. The van der Waals surface area contributed by atoms with Gasteiger partial charge in [-0.05, 0) is 170 Å². The number of hydrogen-bond acceptors (Lipinski definition) is 0. The molecule has 8 aliphatic rings. The molecule has 0 unspecified atom stereocenters. The predicted molar refractivity (Wildman–Crippen MR) is 289 cm³/mol. The molecule has 0 aromatic heterocycles. The van der Waals surface area contributed by atoms with Gasteiger partial charge in [-0.15, -0.1) is 93.9 Å². The molecular weight excluding hydrogens is 992 g/mol. The monoisotopic (exact) mass is 1060 g/mol. The molecule has 0 N–H and O–H groups in total. The fourth-order valence-corrected chi connectivity index (χ4v) is 14.7. The van der Waals surface area contributed by atoms with E-state index in [1.165, 1.54) is 142 Å². The summed E-state index contributed by atoms with van der Waals surface area (Å²) in [7, 11) is 0. The molecule has 370 valence electrons. The van der Waals surface area contributed by atoms with Crippen LogP contribution in [-0.4, -0.2) is 13.1 Å². The van der Waals surface area contributed by atoms with E-state index in [4.69, 9.17) is 0 Å². The summed E-state index contributed by atoms with van der Waals surface area (Å²) >= 11 is 1.36. The van der Waals surface area contributed by atoms with Crippen LogP contribution in [0.25, 0.3) is 43.8 Å². The Morgan fingerprint density at radius 3 is 1.12 bits per heavy atom. The van der Waals surface area contributed by atoms with E-state index in [1.54, 1.807) is 24.0 Å². The minimum absolute atomic E-state index is 0. The Bertz CT molecular complexity index is 2320. The number of hydrogen-bond donors (Lipinski definition) is 0. The van der Waals surface area contributed by atoms with E-state index in [9.17, 15) is 13.2 Å². The third-order valence-corrected chi connectivity index (χ3v) is 17.5. The van der Waals surface area contributed by atoms with Gasteiger partial charge in [0.2, 0.25) is 0 Å². The van der Waals surface area contributed by atoms with Crippen molar-refractivity contribution in [3.05, 3.63) is 146 Å². The summed E-state index contributed by atoms with van der Waals surface area (Å²) in [6.07, 6.45) is 13.0. The van der Waals surface area contributed by atoms with Crippen molar-refractivity contribution in [3.8, 4) is 22.3 Å². The van der Waals surface area contributed by atoms with Crippen molar-refractivity contribution in [3.63, 3.8) is 0 Å². The molecule has 0 aliphatic heterocycles. The first-order valence-electron chi connectivity index (χ1n) is 25.5. The zero-order valence-electron chi connectivity index (χ0n) is 41.7. The second kappa shape index (κ2) is 24.1. The van der Waals surface area contributed by atoms with Gasteiger partial charge >= 0.3 is 36.4 Å². The van der Waals surface area contributed by atoms with Crippen LogP contribution in [0.15, 0.2) is 109 Å². The normalized spacial score (nSPS) is 26.7. The van der Waals surface area contributed by atoms with Crippen molar-refractivity contribution in [1.29, 1.82) is 0 Å². The van der Waals surface area contributed by atoms with Crippen molar-refractivity contribution >= 4 is 53.2 Å². The standard InChI is InChI=1S/2C29H33.C3H4F3.CH3.2ClH.Si.Zr/c2*1-18(2)22-6-8-23(9-7-22)27-5-3-4-24-11-21(17-29(24)27)16-28-25-12-19-10-20(14-25)15-26(28)13-19;1-2-3(4,5)6;;;;;/h2*3-9,11,17-20,25-26,28H,10,12-16H2,1-2H3;1-2H2;1H3;2*1H;;/q4*-1;;;;. The van der Waals surface area contributed by atoms with Gasteiger partial charge in [0.1, 0.15) is 0 Å². The average molecular weight is 1070 g/mol. The molecule has 69 heavy (non-hydrogen) atoms. The second-order valence-electron chi connectivity index (χ2n) is 22.4. The van der Waals surface area contributed by atoms with Gasteiger partial charge in [0, 0.05) is 0 Å². The molecule has 0 heterocycles. The number of fused-ring (bicyclic) bond motifs is 2. The minimum atomic E-state index is -4.07. The van der Waals surface area contributed by atoms with Crippen LogP contribution in [0.5, 0.6) is 0 Å².